The molecule has 0 aromatic carbocycles. The van der Waals surface area contributed by atoms with Crippen molar-refractivity contribution in [3.8, 4) is 0 Å². The van der Waals surface area contributed by atoms with Gasteiger partial charge in [-0.15, -0.1) is 0 Å². The van der Waals surface area contributed by atoms with Gasteiger partial charge in [-0.05, 0) is 18.3 Å². The van der Waals surface area contributed by atoms with Crippen molar-refractivity contribution in [2.75, 3.05) is 0 Å². The number of hydrogen-bond donors (Lipinski definition) is 0. The molecule has 1 rings (SSSR count). The lowest BCUT2D eigenvalue weighted by Gasteiger charge is -2.44. The Morgan fingerprint density at radius 2 is 1.73 bits per heavy atom. The molecule has 0 amide bonds. The van der Waals surface area contributed by atoms with E-state index in [0.717, 1.165) is 12.8 Å². The molecule has 0 unspecified atom stereocenters. The van der Waals surface area contributed by atoms with Gasteiger partial charge in [0.2, 0.25) is 0 Å². The van der Waals surface area contributed by atoms with E-state index in [9.17, 15) is 4.79 Å². The maximum absolute atomic E-state index is 11.5. The van der Waals surface area contributed by atoms with Crippen molar-refractivity contribution < 1.29 is 4.79 Å². The van der Waals surface area contributed by atoms with Crippen LogP contribution < -0.4 is 0 Å². The molecule has 0 heterocycles. The first kappa shape index (κ1) is 8.76. The van der Waals surface area contributed by atoms with E-state index in [1.54, 1.807) is 0 Å². The fourth-order valence-electron chi connectivity index (χ4n) is 1.69. The second-order valence-electron chi connectivity index (χ2n) is 4.79. The summed E-state index contributed by atoms with van der Waals surface area (Å²) in [5, 5.41) is 0. The Morgan fingerprint density at radius 3 is 2.09 bits per heavy atom. The predicted molar refractivity (Wildman–Crippen MR) is 46.4 cm³/mol. The van der Waals surface area contributed by atoms with Gasteiger partial charge in [0.25, 0.3) is 0 Å². The maximum atomic E-state index is 11.5. The summed E-state index contributed by atoms with van der Waals surface area (Å²) in [6, 6.07) is 0. The second kappa shape index (κ2) is 2.33. The van der Waals surface area contributed by atoms with Gasteiger partial charge in [-0.1, -0.05) is 27.7 Å². The van der Waals surface area contributed by atoms with Crippen LogP contribution in [-0.4, -0.2) is 5.78 Å². The average molecular weight is 154 g/mol. The Kier molecular flexibility index (Phi) is 1.85. The van der Waals surface area contributed by atoms with Crippen LogP contribution in [0.5, 0.6) is 0 Å². The highest BCUT2D eigenvalue weighted by atomic mass is 16.1. The van der Waals surface area contributed by atoms with E-state index < -0.39 is 0 Å². The Hall–Kier alpha value is -0.330. The second-order valence-corrected chi connectivity index (χ2v) is 4.79. The third-order valence-corrected chi connectivity index (χ3v) is 3.59. The van der Waals surface area contributed by atoms with Crippen molar-refractivity contribution in [1.82, 2.24) is 0 Å². The van der Waals surface area contributed by atoms with Gasteiger partial charge >= 0.3 is 0 Å². The summed E-state index contributed by atoms with van der Waals surface area (Å²) in [5.74, 6) is 0.439. The first-order chi connectivity index (χ1) is 4.88. The van der Waals surface area contributed by atoms with E-state index in [4.69, 9.17) is 0 Å². The van der Waals surface area contributed by atoms with Crippen LogP contribution in [-0.2, 0) is 4.79 Å². The zero-order chi connectivity index (χ0) is 8.70. The van der Waals surface area contributed by atoms with Crippen molar-refractivity contribution in [3.05, 3.63) is 0 Å². The normalized spacial score (nSPS) is 28.5. The van der Waals surface area contributed by atoms with Gasteiger partial charge in [-0.25, -0.2) is 0 Å². The van der Waals surface area contributed by atoms with Crippen molar-refractivity contribution in [3.63, 3.8) is 0 Å². The van der Waals surface area contributed by atoms with Crippen LogP contribution in [0.25, 0.3) is 0 Å². The smallest absolute Gasteiger partial charge is 0.139 e. The van der Waals surface area contributed by atoms with Gasteiger partial charge in [-0.3, -0.25) is 4.79 Å². The molecule has 1 aliphatic rings. The number of hydrogen-bond acceptors (Lipinski definition) is 1. The lowest BCUT2D eigenvalue weighted by atomic mass is 9.59. The SMILES string of the molecule is CC1(C)CCCC(=O)C1(C)C. The fourth-order valence-corrected chi connectivity index (χ4v) is 1.69. The first-order valence-corrected chi connectivity index (χ1v) is 4.41. The molecule has 11 heavy (non-hydrogen) atoms. The summed E-state index contributed by atoms with van der Waals surface area (Å²) in [7, 11) is 0. The Labute approximate surface area is 69.2 Å². The van der Waals surface area contributed by atoms with E-state index in [-0.39, 0.29) is 10.8 Å². The molecule has 1 heteroatoms. The van der Waals surface area contributed by atoms with Crippen molar-refractivity contribution in [1.29, 1.82) is 0 Å². The first-order valence-electron chi connectivity index (χ1n) is 4.41. The van der Waals surface area contributed by atoms with E-state index in [1.807, 2.05) is 0 Å². The number of ketones is 1. The van der Waals surface area contributed by atoms with Crippen LogP contribution in [0.2, 0.25) is 0 Å². The van der Waals surface area contributed by atoms with Crippen LogP contribution in [0.3, 0.4) is 0 Å². The zero-order valence-electron chi connectivity index (χ0n) is 8.03. The molecule has 0 aromatic heterocycles. The lowest BCUT2D eigenvalue weighted by molar-refractivity contribution is -0.137. The van der Waals surface area contributed by atoms with Gasteiger partial charge in [0, 0.05) is 11.8 Å². The van der Waals surface area contributed by atoms with Gasteiger partial charge in [0.1, 0.15) is 5.78 Å². The minimum Gasteiger partial charge on any atom is -0.299 e. The molecule has 0 atom stereocenters. The maximum Gasteiger partial charge on any atom is 0.139 e. The highest BCUT2D eigenvalue weighted by Crippen LogP contribution is 2.47. The molecule has 0 spiro atoms. The predicted octanol–water partition coefficient (Wildman–Crippen LogP) is 2.79. The van der Waals surface area contributed by atoms with E-state index >= 15 is 0 Å². The van der Waals surface area contributed by atoms with Gasteiger partial charge in [-0.2, -0.15) is 0 Å². The minimum absolute atomic E-state index is 0.106. The molecule has 0 aliphatic heterocycles. The van der Waals surface area contributed by atoms with Gasteiger partial charge in [0.05, 0.1) is 0 Å². The van der Waals surface area contributed by atoms with Crippen LogP contribution in [0, 0.1) is 10.8 Å². The summed E-state index contributed by atoms with van der Waals surface area (Å²) in [5.41, 5.74) is 0.0909. The lowest BCUT2D eigenvalue weighted by Crippen LogP contribution is -2.42. The van der Waals surface area contributed by atoms with Crippen LogP contribution in [0.15, 0.2) is 0 Å². The molecule has 1 aliphatic carbocycles. The van der Waals surface area contributed by atoms with E-state index in [0.29, 0.717) is 5.78 Å². The summed E-state index contributed by atoms with van der Waals surface area (Å²) in [6.07, 6.45) is 3.05. The summed E-state index contributed by atoms with van der Waals surface area (Å²) in [6.45, 7) is 8.55. The largest absolute Gasteiger partial charge is 0.299 e. The molecular formula is C10H18O. The molecule has 64 valence electrons. The molecular weight excluding hydrogens is 136 g/mol. The monoisotopic (exact) mass is 154 g/mol. The summed E-state index contributed by atoms with van der Waals surface area (Å²) >= 11 is 0. The fraction of sp³-hybridized carbons (Fsp3) is 0.900. The Balaban J connectivity index is 2.91. The number of Topliss-reactive ketones (excluding diaryl/α,β-unsaturated/α-hetero) is 1. The Bertz CT molecular complexity index is 177. The quantitative estimate of drug-likeness (QED) is 0.524. The van der Waals surface area contributed by atoms with Gasteiger partial charge < -0.3 is 0 Å². The highest BCUT2D eigenvalue weighted by Gasteiger charge is 2.44. The molecule has 0 radical (unpaired) electrons. The third kappa shape index (κ3) is 1.21. The zero-order valence-corrected chi connectivity index (χ0v) is 8.03. The summed E-state index contributed by atoms with van der Waals surface area (Å²) in [4.78, 5) is 11.5. The molecule has 0 saturated heterocycles. The molecule has 1 nitrogen and oxygen atoms in total. The van der Waals surface area contributed by atoms with Crippen molar-refractivity contribution >= 4 is 5.78 Å². The highest BCUT2D eigenvalue weighted by molar-refractivity contribution is 5.85. The van der Waals surface area contributed by atoms with Crippen molar-refractivity contribution in [2.24, 2.45) is 10.8 Å². The summed E-state index contributed by atoms with van der Waals surface area (Å²) < 4.78 is 0. The number of carbonyl (C=O) groups excluding carboxylic acids is 1. The molecule has 1 fully saturated rings. The van der Waals surface area contributed by atoms with E-state index in [2.05, 4.69) is 27.7 Å². The van der Waals surface area contributed by atoms with Crippen LogP contribution in [0.4, 0.5) is 0 Å². The number of rotatable bonds is 0. The Morgan fingerprint density at radius 1 is 1.18 bits per heavy atom. The van der Waals surface area contributed by atoms with Gasteiger partial charge in [0.15, 0.2) is 0 Å². The molecule has 0 bridgehead atoms. The third-order valence-electron chi connectivity index (χ3n) is 3.59. The molecule has 1 saturated carbocycles. The molecule has 0 N–H and O–H groups in total. The van der Waals surface area contributed by atoms with E-state index in [1.165, 1.54) is 6.42 Å². The van der Waals surface area contributed by atoms with Crippen LogP contribution in [0.1, 0.15) is 47.0 Å². The standard InChI is InChI=1S/C10H18O/c1-9(2)7-5-6-8(11)10(9,3)4/h5-7H2,1-4H3. The average Bonchev–Trinajstić information content (AvgIpc) is 1.84. The minimum atomic E-state index is -0.106. The topological polar surface area (TPSA) is 17.1 Å². The van der Waals surface area contributed by atoms with Crippen LogP contribution >= 0.6 is 0 Å². The molecule has 0 aromatic rings. The van der Waals surface area contributed by atoms with Crippen molar-refractivity contribution in [2.45, 2.75) is 47.0 Å². The number of carbonyl (C=O) groups is 1.